The highest BCUT2D eigenvalue weighted by molar-refractivity contribution is 6.02. The maximum absolute atomic E-state index is 15.9. The van der Waals surface area contributed by atoms with Gasteiger partial charge in [0.25, 0.3) is 0 Å². The molecule has 13 unspecified atom stereocenters. The Kier molecular flexibility index (Phi) is 37.9. The topological polar surface area (TPSA) is 447 Å². The first-order valence-electron chi connectivity index (χ1n) is 43.6. The molecule has 8 N–H and O–H groups in total. The number of aliphatic hydroxyl groups is 2. The van der Waals surface area contributed by atoms with Gasteiger partial charge in [0.15, 0.2) is 12.4 Å². The number of hydrogen-bond donors (Lipinski definition) is 7. The number of rotatable bonds is 24. The summed E-state index contributed by atoms with van der Waals surface area (Å²) < 4.78 is 21.8. The molecule has 1 saturated heterocycles. The summed E-state index contributed by atoms with van der Waals surface area (Å²) in [7, 11) is 9.40. The molecule has 123 heavy (non-hydrogen) atoms. The van der Waals surface area contributed by atoms with E-state index in [9.17, 15) is 67.7 Å². The van der Waals surface area contributed by atoms with Gasteiger partial charge in [-0.15, -0.1) is 0 Å². The molecule has 0 spiro atoms. The predicted molar refractivity (Wildman–Crippen MR) is 456 cm³/mol. The minimum atomic E-state index is -2.01. The Hall–Kier alpha value is -9.18. The third-order valence-corrected chi connectivity index (χ3v) is 25.8. The van der Waals surface area contributed by atoms with E-state index < -0.39 is 228 Å². The van der Waals surface area contributed by atoms with Gasteiger partial charge in [-0.1, -0.05) is 135 Å². The van der Waals surface area contributed by atoms with Gasteiger partial charge in [-0.05, 0) is 157 Å². The molecule has 0 bridgehead atoms. The number of ketones is 2. The van der Waals surface area contributed by atoms with Crippen molar-refractivity contribution in [3.63, 3.8) is 0 Å². The normalized spacial score (nSPS) is 30.5. The summed E-state index contributed by atoms with van der Waals surface area (Å²) in [6.07, 6.45) is 5.10. The molecule has 1 aliphatic heterocycles. The average Bonchev–Trinajstić information content (AvgIpc) is 1.59. The van der Waals surface area contributed by atoms with Crippen LogP contribution in [-0.2, 0) is 90.9 Å². The van der Waals surface area contributed by atoms with Crippen LogP contribution in [0.15, 0.2) is 36.0 Å². The van der Waals surface area contributed by atoms with Gasteiger partial charge in [0, 0.05) is 66.1 Å². The van der Waals surface area contributed by atoms with Gasteiger partial charge in [0.05, 0.1) is 19.1 Å². The van der Waals surface area contributed by atoms with Crippen molar-refractivity contribution >= 4 is 94.6 Å². The lowest BCUT2D eigenvalue weighted by Gasteiger charge is -2.59. The second-order valence-corrected chi connectivity index (χ2v) is 37.7. The number of nitrogens with zero attached hydrogens (tertiary/aromatic N) is 7. The van der Waals surface area contributed by atoms with Crippen LogP contribution >= 0.6 is 0 Å². The molecule has 0 aromatic heterocycles. The number of Topliss-reactive ketones (excluding diaryl/α,β-unsaturated/α-hetero) is 1. The van der Waals surface area contributed by atoms with E-state index in [1.54, 1.807) is 73.6 Å². The van der Waals surface area contributed by atoms with Crippen LogP contribution in [0.25, 0.3) is 0 Å². The molecule has 20 atom stereocenters. The number of carbonyl (C=O) groups is 16. The number of aliphatic hydroxyl groups excluding tert-OH is 1. The zero-order chi connectivity index (χ0) is 93.4. The van der Waals surface area contributed by atoms with Crippen LogP contribution in [0.2, 0.25) is 0 Å². The van der Waals surface area contributed by atoms with Gasteiger partial charge in [-0.25, -0.2) is 4.79 Å². The summed E-state index contributed by atoms with van der Waals surface area (Å²) in [6.45, 7) is 29.8. The lowest BCUT2D eigenvalue weighted by atomic mass is 9.46. The molecule has 0 aromatic rings. The van der Waals surface area contributed by atoms with Crippen LogP contribution < -0.4 is 27.0 Å². The van der Waals surface area contributed by atoms with E-state index in [0.717, 1.165) is 25.2 Å². The number of amides is 11. The van der Waals surface area contributed by atoms with E-state index in [0.29, 0.717) is 19.3 Å². The van der Waals surface area contributed by atoms with Crippen molar-refractivity contribution in [2.45, 2.75) is 293 Å². The first kappa shape index (κ1) is 104. The van der Waals surface area contributed by atoms with E-state index in [2.05, 4.69) is 21.3 Å². The molecule has 5 rings (SSSR count). The van der Waals surface area contributed by atoms with Crippen LogP contribution in [0.3, 0.4) is 0 Å². The fraction of sp³-hybridized carbons (Fsp3) is 0.753. The lowest BCUT2D eigenvalue weighted by Crippen LogP contribution is -2.64. The number of esters is 2. The minimum Gasteiger partial charge on any atom is -0.457 e. The number of allylic oxidation sites excluding steroid dienone is 6. The smallest absolute Gasteiger partial charge is 0.457 e. The zero-order valence-corrected chi connectivity index (χ0v) is 77.5. The number of nitrogens with two attached hydrogens (primary N) is 1. The van der Waals surface area contributed by atoms with Crippen LogP contribution in [0.4, 0.5) is 4.79 Å². The summed E-state index contributed by atoms with van der Waals surface area (Å²) in [5.74, 6) is -15.9. The first-order chi connectivity index (χ1) is 57.1. The standard InChI is InChI=1S/C89H144N12O22/c1-27-29-30-53(15)74(123-86(118)122-46-121-85(117)60(90)42-69(106)120-45-67(104)89(119)36-34-59-58-32-31-56-41-57(102)33-35-87(56,18)70(58)66(103)43-88(59,89)19)73-78(110)93-61(28-2)80(112)95(20)44-68(105)96(21)62(37-47(3)4)77(109)94-71(51(11)12)83(115)97(22)63(38-48(5)6)76(108)91-54(16)75(107)92-55(17)79(111)98(23)64(39-49(7)8)81(113)99(24)65(40-50(9)10)82(114)100(25)72(52(13)14)84(116)101(73)26/h27,29,33,35,41,47-55,58-66,70-74,103,119H,28,30-32,34,36-40,42-46,90H2,1-26H3,(H,91,108)(H,92,107)(H,93,110)(H,94,109)/b29-27+/t53-,54?,55?,58?,59?,60+,61?,62+,63?,64?,65?,66+,70?,71?,72?,73?,74?,87+,88+,89+/m1/s1. The number of hydrogen-bond acceptors (Lipinski definition) is 23. The van der Waals surface area contributed by atoms with Crippen molar-refractivity contribution < 1.29 is 106 Å². The third-order valence-electron chi connectivity index (χ3n) is 25.8. The molecule has 4 fully saturated rings. The third kappa shape index (κ3) is 25.1. The molecule has 34 heteroatoms. The first-order valence-corrected chi connectivity index (χ1v) is 43.6. The highest BCUT2D eigenvalue weighted by atomic mass is 16.8. The second kappa shape index (κ2) is 44.6. The van der Waals surface area contributed by atoms with Gasteiger partial charge >= 0.3 is 18.1 Å². The Morgan fingerprint density at radius 2 is 1.12 bits per heavy atom. The van der Waals surface area contributed by atoms with E-state index >= 15 is 19.2 Å². The van der Waals surface area contributed by atoms with Gasteiger partial charge in [0.2, 0.25) is 77.6 Å². The van der Waals surface area contributed by atoms with Crippen LogP contribution in [-0.4, -0.2) is 293 Å². The maximum atomic E-state index is 15.9. The highest BCUT2D eigenvalue weighted by Crippen LogP contribution is 2.67. The van der Waals surface area contributed by atoms with Crippen molar-refractivity contribution in [1.29, 1.82) is 0 Å². The number of nitrogens with one attached hydrogen (secondary N) is 4. The van der Waals surface area contributed by atoms with Crippen molar-refractivity contribution in [2.24, 2.45) is 75.7 Å². The van der Waals surface area contributed by atoms with Crippen molar-refractivity contribution in [3.05, 3.63) is 36.0 Å². The Morgan fingerprint density at radius 1 is 0.602 bits per heavy atom. The van der Waals surface area contributed by atoms with E-state index in [1.165, 1.54) is 84.0 Å². The Morgan fingerprint density at radius 3 is 1.67 bits per heavy atom. The van der Waals surface area contributed by atoms with E-state index in [4.69, 9.17) is 24.7 Å². The number of likely N-dealkylation sites (N-methyl/N-ethyl adjacent to an activating group) is 7. The summed E-state index contributed by atoms with van der Waals surface area (Å²) in [5.41, 5.74) is 3.34. The van der Waals surface area contributed by atoms with Crippen molar-refractivity contribution in [2.75, 3.05) is 69.3 Å². The summed E-state index contributed by atoms with van der Waals surface area (Å²) in [5, 5.41) is 35.1. The Labute approximate surface area is 726 Å². The van der Waals surface area contributed by atoms with Crippen LogP contribution in [0, 0.1) is 70.0 Å². The predicted octanol–water partition coefficient (Wildman–Crippen LogP) is 4.77. The maximum Gasteiger partial charge on any atom is 0.511 e. The lowest BCUT2D eigenvalue weighted by molar-refractivity contribution is -0.181. The Bertz CT molecular complexity index is 3940. The molecular formula is C89H144N12O22. The summed E-state index contributed by atoms with van der Waals surface area (Å²) >= 11 is 0. The van der Waals surface area contributed by atoms with Crippen LogP contribution in [0.5, 0.6) is 0 Å². The quantitative estimate of drug-likeness (QED) is 0.0296. The van der Waals surface area contributed by atoms with Gasteiger partial charge in [-0.2, -0.15) is 0 Å². The summed E-state index contributed by atoms with van der Waals surface area (Å²) in [6, 6.07) is -15.6. The molecule has 4 aliphatic carbocycles. The average molecular weight is 1730 g/mol. The molecule has 0 radical (unpaired) electrons. The molecule has 3 saturated carbocycles. The second-order valence-electron chi connectivity index (χ2n) is 37.7. The molecule has 11 amide bonds. The van der Waals surface area contributed by atoms with E-state index in [1.807, 2.05) is 68.4 Å². The minimum absolute atomic E-state index is 0.0199. The highest BCUT2D eigenvalue weighted by Gasteiger charge is 2.68. The molecular weight excluding hydrogens is 1590 g/mol. The monoisotopic (exact) mass is 1730 g/mol. The molecule has 34 nitrogen and oxygen atoms in total. The van der Waals surface area contributed by atoms with Crippen molar-refractivity contribution in [1.82, 2.24) is 55.6 Å². The molecule has 0 aromatic carbocycles. The van der Waals surface area contributed by atoms with Gasteiger partial charge in [0.1, 0.15) is 78.2 Å². The van der Waals surface area contributed by atoms with Gasteiger partial charge < -0.3 is 90.5 Å². The van der Waals surface area contributed by atoms with E-state index in [-0.39, 0.29) is 98.6 Å². The van der Waals surface area contributed by atoms with Gasteiger partial charge in [-0.3, -0.25) is 71.9 Å². The van der Waals surface area contributed by atoms with Crippen molar-refractivity contribution in [3.8, 4) is 0 Å². The van der Waals surface area contributed by atoms with Crippen LogP contribution in [0.1, 0.15) is 209 Å². The SMILES string of the molecule is C/C=C/C[C@@H](C)C(OC(=O)OCOC(=O)[C@@H](N)CC(=O)OCC(=O)[C@@]1(O)CCC2C3CCC4=CC(=O)C=C[C@]4(C)C3[C@@H](O)C[C@@]21C)C1C(=O)NC(CC)C(=O)N(C)CC(=O)N(C)[C@@H](CC(C)C)C(=O)NC(C(C)C)C(=O)N(C)C(CC(C)C)C(=O)NC(C)C(=O)NC(C)C(=O)N(C)C(CC(C)C)C(=O)N(C)C(CC(C)C)C(=O)N(C)C(C(C)C)C(=O)N1C. The fourth-order valence-corrected chi connectivity index (χ4v) is 18.6. The number of fused-ring (bicyclic) bond motifs is 5. The zero-order valence-electron chi connectivity index (χ0n) is 77.5. The number of ether oxygens (including phenoxy) is 4. The molecule has 5 aliphatic rings. The Balaban J connectivity index is 1.53. The summed E-state index contributed by atoms with van der Waals surface area (Å²) in [4.78, 5) is 240. The molecule has 692 valence electrons. The molecule has 1 heterocycles. The fourth-order valence-electron chi connectivity index (χ4n) is 18.6. The largest absolute Gasteiger partial charge is 0.511 e. The number of carbonyl (C=O) groups excluding carboxylic acids is 16.